The van der Waals surface area contributed by atoms with Gasteiger partial charge in [0, 0.05) is 24.4 Å². The Balaban J connectivity index is 3.19. The molecular weight excluding hydrogens is 279 g/mol. The predicted molar refractivity (Wildman–Crippen MR) is 68.5 cm³/mol. The highest BCUT2D eigenvalue weighted by Gasteiger charge is 2.19. The molecule has 0 heterocycles. The maximum absolute atomic E-state index is 11.1. The van der Waals surface area contributed by atoms with E-state index in [-0.39, 0.29) is 33.2 Å². The van der Waals surface area contributed by atoms with Gasteiger partial charge in [-0.3, -0.25) is 9.59 Å². The van der Waals surface area contributed by atoms with Crippen molar-refractivity contribution < 1.29 is 14.7 Å². The maximum Gasteiger partial charge on any atom is 0.218 e. The van der Waals surface area contributed by atoms with Crippen molar-refractivity contribution in [2.24, 2.45) is 0 Å². The predicted octanol–water partition coefficient (Wildman–Crippen LogP) is 1.97. The number of hydrogen-bond acceptors (Lipinski definition) is 3. The largest absolute Gasteiger partial charge is 0.506 e. The van der Waals surface area contributed by atoms with E-state index in [0.29, 0.717) is 0 Å². The van der Waals surface area contributed by atoms with Crippen LogP contribution in [0.15, 0.2) is 12.1 Å². The zero-order valence-electron chi connectivity index (χ0n) is 9.75. The first kappa shape index (κ1) is 14.6. The van der Waals surface area contributed by atoms with Gasteiger partial charge < -0.3 is 15.7 Å². The SMILES string of the molecule is CC(=O)NC(NC(C)=O)c1cc(Cl)cc(Cl)c1O. The maximum atomic E-state index is 11.1. The number of halogens is 2. The molecular formula is C11H12Cl2N2O3. The normalized spacial score (nSPS) is 10.3. The standard InChI is InChI=1S/C11H12Cl2N2O3/c1-5(16)14-11(15-6(2)17)8-3-7(12)4-9(13)10(8)18/h3-4,11,18H,1-2H3,(H,14,16)(H,15,17). The van der Waals surface area contributed by atoms with Crippen LogP contribution < -0.4 is 10.6 Å². The lowest BCUT2D eigenvalue weighted by atomic mass is 10.1. The van der Waals surface area contributed by atoms with Crippen LogP contribution in [0.5, 0.6) is 5.75 Å². The lowest BCUT2D eigenvalue weighted by molar-refractivity contribution is -0.122. The van der Waals surface area contributed by atoms with Crippen molar-refractivity contribution in [2.75, 3.05) is 0 Å². The van der Waals surface area contributed by atoms with Crippen LogP contribution in [0.4, 0.5) is 0 Å². The molecule has 0 aromatic heterocycles. The van der Waals surface area contributed by atoms with Crippen LogP contribution >= 0.6 is 23.2 Å². The summed E-state index contributed by atoms with van der Waals surface area (Å²) in [7, 11) is 0. The van der Waals surface area contributed by atoms with E-state index in [1.807, 2.05) is 0 Å². The molecule has 2 amide bonds. The molecule has 0 atom stereocenters. The average molecular weight is 291 g/mol. The van der Waals surface area contributed by atoms with Crippen LogP contribution in [0.25, 0.3) is 0 Å². The number of aromatic hydroxyl groups is 1. The number of phenolic OH excluding ortho intramolecular Hbond substituents is 1. The van der Waals surface area contributed by atoms with Crippen molar-refractivity contribution in [3.05, 3.63) is 27.7 Å². The molecule has 0 aliphatic heterocycles. The van der Waals surface area contributed by atoms with Gasteiger partial charge in [0.05, 0.1) is 5.02 Å². The van der Waals surface area contributed by atoms with Crippen LogP contribution in [-0.4, -0.2) is 16.9 Å². The molecule has 0 fully saturated rings. The molecule has 1 aromatic rings. The minimum Gasteiger partial charge on any atom is -0.506 e. The quantitative estimate of drug-likeness (QED) is 0.745. The van der Waals surface area contributed by atoms with Gasteiger partial charge in [-0.2, -0.15) is 0 Å². The Morgan fingerprint density at radius 2 is 1.67 bits per heavy atom. The third kappa shape index (κ3) is 3.78. The van der Waals surface area contributed by atoms with Crippen LogP contribution in [0, 0.1) is 0 Å². The molecule has 1 aromatic carbocycles. The van der Waals surface area contributed by atoms with Gasteiger partial charge in [0.25, 0.3) is 0 Å². The van der Waals surface area contributed by atoms with Gasteiger partial charge >= 0.3 is 0 Å². The van der Waals surface area contributed by atoms with Crippen molar-refractivity contribution in [1.82, 2.24) is 10.6 Å². The third-order valence-electron chi connectivity index (χ3n) is 2.06. The Morgan fingerprint density at radius 3 is 2.11 bits per heavy atom. The minimum absolute atomic E-state index is 0.0400. The van der Waals surface area contributed by atoms with Gasteiger partial charge in [0.15, 0.2) is 0 Å². The molecule has 7 heteroatoms. The number of amides is 2. The van der Waals surface area contributed by atoms with Crippen LogP contribution in [-0.2, 0) is 9.59 Å². The van der Waals surface area contributed by atoms with E-state index >= 15 is 0 Å². The molecule has 0 unspecified atom stereocenters. The zero-order valence-corrected chi connectivity index (χ0v) is 11.3. The van der Waals surface area contributed by atoms with Gasteiger partial charge in [-0.25, -0.2) is 0 Å². The summed E-state index contributed by atoms with van der Waals surface area (Å²) in [5.41, 5.74) is 0.220. The fraction of sp³-hybridized carbons (Fsp3) is 0.273. The number of rotatable bonds is 3. The number of hydrogen-bond donors (Lipinski definition) is 3. The number of phenols is 1. The van der Waals surface area contributed by atoms with Crippen LogP contribution in [0.2, 0.25) is 10.0 Å². The number of benzene rings is 1. The van der Waals surface area contributed by atoms with E-state index < -0.39 is 6.17 Å². The molecule has 0 aliphatic carbocycles. The average Bonchev–Trinajstić information content (AvgIpc) is 2.21. The van der Waals surface area contributed by atoms with E-state index in [1.54, 1.807) is 0 Å². The fourth-order valence-corrected chi connectivity index (χ4v) is 1.91. The van der Waals surface area contributed by atoms with E-state index in [9.17, 15) is 14.7 Å². The Hall–Kier alpha value is -1.46. The van der Waals surface area contributed by atoms with Crippen LogP contribution in [0.3, 0.4) is 0 Å². The first-order valence-electron chi connectivity index (χ1n) is 5.03. The molecule has 5 nitrogen and oxygen atoms in total. The van der Waals surface area contributed by atoms with E-state index in [0.717, 1.165) is 0 Å². The molecule has 18 heavy (non-hydrogen) atoms. The summed E-state index contributed by atoms with van der Waals surface area (Å²) in [6.07, 6.45) is -0.892. The highest BCUT2D eigenvalue weighted by Crippen LogP contribution is 2.34. The summed E-state index contributed by atoms with van der Waals surface area (Å²) < 4.78 is 0. The molecule has 3 N–H and O–H groups in total. The van der Waals surface area contributed by atoms with Crippen molar-refractivity contribution in [1.29, 1.82) is 0 Å². The summed E-state index contributed by atoms with van der Waals surface area (Å²) in [5.74, 6) is -0.984. The minimum atomic E-state index is -0.892. The summed E-state index contributed by atoms with van der Waals surface area (Å²) in [6.45, 7) is 2.58. The summed E-state index contributed by atoms with van der Waals surface area (Å²) >= 11 is 11.6. The first-order chi connectivity index (χ1) is 8.31. The molecule has 0 aliphatic rings. The van der Waals surface area contributed by atoms with Gasteiger partial charge in [-0.1, -0.05) is 23.2 Å². The van der Waals surface area contributed by atoms with Crippen molar-refractivity contribution in [2.45, 2.75) is 20.0 Å². The molecule has 1 rings (SSSR count). The zero-order chi connectivity index (χ0) is 13.9. The van der Waals surface area contributed by atoms with Gasteiger partial charge in [0.2, 0.25) is 11.8 Å². The molecule has 0 spiro atoms. The van der Waals surface area contributed by atoms with E-state index in [1.165, 1.54) is 26.0 Å². The summed E-state index contributed by atoms with van der Waals surface area (Å²) in [6, 6.07) is 2.78. The first-order valence-corrected chi connectivity index (χ1v) is 5.79. The number of carbonyl (C=O) groups excluding carboxylic acids is 2. The van der Waals surface area contributed by atoms with Crippen molar-refractivity contribution in [3.8, 4) is 5.75 Å². The molecule has 0 radical (unpaired) electrons. The van der Waals surface area contributed by atoms with Gasteiger partial charge in [0.1, 0.15) is 11.9 Å². The Morgan fingerprint density at radius 1 is 1.17 bits per heavy atom. The van der Waals surface area contributed by atoms with E-state index in [2.05, 4.69) is 10.6 Å². The van der Waals surface area contributed by atoms with Crippen molar-refractivity contribution >= 4 is 35.0 Å². The summed E-state index contributed by atoms with van der Waals surface area (Å²) in [5, 5.41) is 15.1. The second kappa shape index (κ2) is 5.93. The van der Waals surface area contributed by atoms with Crippen molar-refractivity contribution in [3.63, 3.8) is 0 Å². The topological polar surface area (TPSA) is 78.4 Å². The monoisotopic (exact) mass is 290 g/mol. The van der Waals surface area contributed by atoms with Crippen LogP contribution in [0.1, 0.15) is 25.6 Å². The molecule has 98 valence electrons. The molecule has 0 saturated carbocycles. The fourth-order valence-electron chi connectivity index (χ4n) is 1.40. The number of nitrogens with one attached hydrogen (secondary N) is 2. The third-order valence-corrected chi connectivity index (χ3v) is 2.57. The Labute approximate surface area is 114 Å². The highest BCUT2D eigenvalue weighted by molar-refractivity contribution is 6.35. The molecule has 0 saturated heterocycles. The Bertz CT molecular complexity index is 475. The molecule has 0 bridgehead atoms. The van der Waals surface area contributed by atoms with E-state index in [4.69, 9.17) is 23.2 Å². The van der Waals surface area contributed by atoms with Gasteiger partial charge in [-0.05, 0) is 12.1 Å². The smallest absolute Gasteiger partial charge is 0.218 e. The lowest BCUT2D eigenvalue weighted by Gasteiger charge is -2.20. The second-order valence-corrected chi connectivity index (χ2v) is 4.50. The van der Waals surface area contributed by atoms with Gasteiger partial charge in [-0.15, -0.1) is 0 Å². The lowest BCUT2D eigenvalue weighted by Crippen LogP contribution is -2.39. The Kier molecular flexibility index (Phi) is 4.81. The summed E-state index contributed by atoms with van der Waals surface area (Å²) in [4.78, 5) is 22.2. The highest BCUT2D eigenvalue weighted by atomic mass is 35.5. The number of carbonyl (C=O) groups is 2. The second-order valence-electron chi connectivity index (χ2n) is 3.66.